The number of piperidine rings is 1. The van der Waals surface area contributed by atoms with Gasteiger partial charge in [0.1, 0.15) is 23.3 Å². The lowest BCUT2D eigenvalue weighted by Gasteiger charge is -2.35. The summed E-state index contributed by atoms with van der Waals surface area (Å²) >= 11 is 7.88. The number of carbonyl (C=O) groups is 1. The van der Waals surface area contributed by atoms with Crippen molar-refractivity contribution in [3.05, 3.63) is 52.6 Å². The van der Waals surface area contributed by atoms with Crippen LogP contribution in [0.2, 0.25) is 5.02 Å². The Morgan fingerprint density at radius 2 is 2.22 bits per heavy atom. The number of halogens is 3. The molecule has 2 N–H and O–H groups in total. The first-order valence-electron chi connectivity index (χ1n) is 11.7. The van der Waals surface area contributed by atoms with Crippen molar-refractivity contribution in [2.45, 2.75) is 36.5 Å². The Labute approximate surface area is 217 Å². The number of likely N-dealkylation sites (tertiary alicyclic amines) is 1. The SMILES string of the molecule is COc1cc(F)c2ncc(Cl)c(CCN3CCC(NCc4ccc5c(n4)NC(=O)CS5)C(F)C3)c2c1. The summed E-state index contributed by atoms with van der Waals surface area (Å²) in [6.07, 6.45) is 1.60. The molecule has 1 amide bonds. The molecule has 36 heavy (non-hydrogen) atoms. The summed E-state index contributed by atoms with van der Waals surface area (Å²) in [6, 6.07) is 6.59. The van der Waals surface area contributed by atoms with E-state index in [2.05, 4.69) is 25.5 Å². The molecule has 190 valence electrons. The average Bonchev–Trinajstić information content (AvgIpc) is 2.87. The van der Waals surface area contributed by atoms with E-state index in [1.807, 2.05) is 12.1 Å². The van der Waals surface area contributed by atoms with Gasteiger partial charge >= 0.3 is 0 Å². The van der Waals surface area contributed by atoms with Crippen molar-refractivity contribution >= 4 is 46.0 Å². The van der Waals surface area contributed by atoms with Crippen molar-refractivity contribution in [2.75, 3.05) is 37.8 Å². The molecule has 2 unspecified atom stereocenters. The van der Waals surface area contributed by atoms with Crippen molar-refractivity contribution in [3.8, 4) is 5.75 Å². The molecule has 0 radical (unpaired) electrons. The highest BCUT2D eigenvalue weighted by molar-refractivity contribution is 8.00. The smallest absolute Gasteiger partial charge is 0.235 e. The third-order valence-electron chi connectivity index (χ3n) is 6.57. The van der Waals surface area contributed by atoms with Crippen LogP contribution in [0.1, 0.15) is 17.7 Å². The summed E-state index contributed by atoms with van der Waals surface area (Å²) in [5.74, 6) is 0.833. The number of benzene rings is 1. The molecule has 1 fully saturated rings. The van der Waals surface area contributed by atoms with Gasteiger partial charge in [0.2, 0.25) is 5.91 Å². The van der Waals surface area contributed by atoms with E-state index < -0.39 is 12.0 Å². The largest absolute Gasteiger partial charge is 0.497 e. The standard InChI is InChI=1S/C25H26ClF2N5O2S/c1-35-15-8-17-16(18(26)11-30-24(17)19(27)9-15)4-6-33-7-5-21(20(28)12-33)29-10-14-2-3-22-25(31-14)32-23(34)13-36-22/h2-3,8-9,11,20-21,29H,4-7,10,12-13H2,1H3,(H,31,32,34). The molecular weight excluding hydrogens is 508 g/mol. The fraction of sp³-hybridized carbons (Fsp3) is 0.400. The summed E-state index contributed by atoms with van der Waals surface area (Å²) in [4.78, 5) is 23.3. The minimum atomic E-state index is -1.05. The van der Waals surface area contributed by atoms with Gasteiger partial charge in [0, 0.05) is 43.3 Å². The monoisotopic (exact) mass is 533 g/mol. The first-order chi connectivity index (χ1) is 17.4. The Balaban J connectivity index is 1.18. The molecule has 0 aliphatic carbocycles. The van der Waals surface area contributed by atoms with E-state index in [0.717, 1.165) is 22.7 Å². The minimum Gasteiger partial charge on any atom is -0.497 e. The van der Waals surface area contributed by atoms with Crippen LogP contribution in [0.25, 0.3) is 10.9 Å². The molecule has 3 aromatic rings. The lowest BCUT2D eigenvalue weighted by Crippen LogP contribution is -2.51. The topological polar surface area (TPSA) is 79.4 Å². The first kappa shape index (κ1) is 25.1. The predicted molar refractivity (Wildman–Crippen MR) is 137 cm³/mol. The lowest BCUT2D eigenvalue weighted by molar-refractivity contribution is -0.113. The Bertz CT molecular complexity index is 1300. The number of thioether (sulfide) groups is 1. The second-order valence-corrected chi connectivity index (χ2v) is 10.3. The second-order valence-electron chi connectivity index (χ2n) is 8.92. The first-order valence-corrected chi connectivity index (χ1v) is 13.1. The molecular formula is C25H26ClF2N5O2S. The number of nitrogens with one attached hydrogen (secondary N) is 2. The normalized spacial score (nSPS) is 20.3. The van der Waals surface area contributed by atoms with Crippen molar-refractivity contribution < 1.29 is 18.3 Å². The molecule has 4 heterocycles. The molecule has 1 aromatic carbocycles. The van der Waals surface area contributed by atoms with Gasteiger partial charge in [-0.05, 0) is 43.1 Å². The summed E-state index contributed by atoms with van der Waals surface area (Å²) < 4.78 is 34.7. The maximum atomic E-state index is 15.0. The third kappa shape index (κ3) is 5.41. The van der Waals surface area contributed by atoms with E-state index in [1.165, 1.54) is 31.1 Å². The summed E-state index contributed by atoms with van der Waals surface area (Å²) in [7, 11) is 1.48. The van der Waals surface area contributed by atoms with Crippen LogP contribution in [0.3, 0.4) is 0 Å². The number of aromatic nitrogens is 2. The van der Waals surface area contributed by atoms with Gasteiger partial charge in [-0.25, -0.2) is 13.8 Å². The molecule has 2 aliphatic heterocycles. The van der Waals surface area contributed by atoms with Gasteiger partial charge in [-0.2, -0.15) is 0 Å². The Hall–Kier alpha value is -2.53. The molecule has 0 bridgehead atoms. The molecule has 7 nitrogen and oxygen atoms in total. The molecule has 0 saturated carbocycles. The van der Waals surface area contributed by atoms with E-state index >= 15 is 4.39 Å². The predicted octanol–water partition coefficient (Wildman–Crippen LogP) is 4.22. The van der Waals surface area contributed by atoms with Crippen LogP contribution in [-0.2, 0) is 17.8 Å². The molecule has 2 aliphatic rings. The molecule has 0 spiro atoms. The Kier molecular flexibility index (Phi) is 7.57. The summed E-state index contributed by atoms with van der Waals surface area (Å²) in [5.41, 5.74) is 1.78. The van der Waals surface area contributed by atoms with E-state index in [9.17, 15) is 9.18 Å². The van der Waals surface area contributed by atoms with Crippen molar-refractivity contribution in [1.29, 1.82) is 0 Å². The van der Waals surface area contributed by atoms with Crippen LogP contribution in [0, 0.1) is 5.82 Å². The number of hydrogen-bond acceptors (Lipinski definition) is 7. The van der Waals surface area contributed by atoms with Gasteiger partial charge in [-0.3, -0.25) is 14.7 Å². The van der Waals surface area contributed by atoms with Gasteiger partial charge in [-0.1, -0.05) is 11.6 Å². The summed E-state index contributed by atoms with van der Waals surface area (Å²) in [6.45, 7) is 2.03. The number of alkyl halides is 1. The van der Waals surface area contributed by atoms with Crippen molar-refractivity contribution in [3.63, 3.8) is 0 Å². The maximum absolute atomic E-state index is 15.0. The number of hydrogen-bond donors (Lipinski definition) is 2. The highest BCUT2D eigenvalue weighted by atomic mass is 35.5. The fourth-order valence-corrected chi connectivity index (χ4v) is 5.65. The average molecular weight is 534 g/mol. The summed E-state index contributed by atoms with van der Waals surface area (Å²) in [5, 5.41) is 7.13. The number of anilines is 1. The van der Waals surface area contributed by atoms with Crippen LogP contribution < -0.4 is 15.4 Å². The van der Waals surface area contributed by atoms with Crippen LogP contribution >= 0.6 is 23.4 Å². The number of carbonyl (C=O) groups excluding carboxylic acids is 1. The lowest BCUT2D eigenvalue weighted by atomic mass is 10.0. The van der Waals surface area contributed by atoms with Crippen molar-refractivity contribution in [1.82, 2.24) is 20.2 Å². The van der Waals surface area contributed by atoms with Crippen LogP contribution in [0.5, 0.6) is 5.75 Å². The zero-order valence-electron chi connectivity index (χ0n) is 19.7. The number of amides is 1. The highest BCUT2D eigenvalue weighted by Crippen LogP contribution is 2.31. The molecule has 2 atom stereocenters. The van der Waals surface area contributed by atoms with Crippen molar-refractivity contribution in [2.24, 2.45) is 0 Å². The third-order valence-corrected chi connectivity index (χ3v) is 7.95. The number of rotatable bonds is 7. The van der Waals surface area contributed by atoms with E-state index in [4.69, 9.17) is 16.3 Å². The zero-order valence-corrected chi connectivity index (χ0v) is 21.3. The maximum Gasteiger partial charge on any atom is 0.235 e. The Morgan fingerprint density at radius 1 is 1.36 bits per heavy atom. The molecule has 5 rings (SSSR count). The zero-order chi connectivity index (χ0) is 25.2. The number of ether oxygens (including phenoxy) is 1. The molecule has 2 aromatic heterocycles. The number of pyridine rings is 2. The number of methoxy groups -OCH3 is 1. The quantitative estimate of drug-likeness (QED) is 0.471. The van der Waals surface area contributed by atoms with E-state index in [-0.39, 0.29) is 17.5 Å². The van der Waals surface area contributed by atoms with Crippen LogP contribution in [0.4, 0.5) is 14.6 Å². The fourth-order valence-electron chi connectivity index (χ4n) is 4.64. The van der Waals surface area contributed by atoms with Gasteiger partial charge in [0.15, 0.2) is 5.82 Å². The van der Waals surface area contributed by atoms with E-state index in [1.54, 1.807) is 6.07 Å². The van der Waals surface area contributed by atoms with E-state index in [0.29, 0.717) is 60.2 Å². The van der Waals surface area contributed by atoms with Gasteiger partial charge in [0.05, 0.1) is 28.5 Å². The van der Waals surface area contributed by atoms with Crippen LogP contribution in [-0.4, -0.2) is 65.5 Å². The van der Waals surface area contributed by atoms with Gasteiger partial charge in [-0.15, -0.1) is 11.8 Å². The minimum absolute atomic E-state index is 0.0633. The van der Waals surface area contributed by atoms with Crippen LogP contribution in [0.15, 0.2) is 35.4 Å². The molecule has 1 saturated heterocycles. The second kappa shape index (κ2) is 10.8. The number of fused-ring (bicyclic) bond motifs is 2. The Morgan fingerprint density at radius 3 is 3.03 bits per heavy atom. The van der Waals surface area contributed by atoms with Gasteiger partial charge < -0.3 is 15.4 Å². The number of nitrogens with zero attached hydrogens (tertiary/aromatic N) is 3. The highest BCUT2D eigenvalue weighted by Gasteiger charge is 2.29. The molecule has 11 heteroatoms. The van der Waals surface area contributed by atoms with Gasteiger partial charge in [0.25, 0.3) is 0 Å².